The highest BCUT2D eigenvalue weighted by Gasteiger charge is 2.17. The summed E-state index contributed by atoms with van der Waals surface area (Å²) in [6.07, 6.45) is 1.71. The van der Waals surface area contributed by atoms with Crippen molar-refractivity contribution in [3.05, 3.63) is 42.7 Å². The summed E-state index contributed by atoms with van der Waals surface area (Å²) < 4.78 is 7.36. The fourth-order valence-corrected chi connectivity index (χ4v) is 2.59. The summed E-state index contributed by atoms with van der Waals surface area (Å²) in [5.74, 6) is 1.69. The number of benzene rings is 1. The second kappa shape index (κ2) is 5.14. The molecule has 0 unspecified atom stereocenters. The van der Waals surface area contributed by atoms with Crippen molar-refractivity contribution in [1.29, 1.82) is 0 Å². The Hall–Kier alpha value is -2.47. The van der Waals surface area contributed by atoms with Crippen LogP contribution in [0.25, 0.3) is 17.0 Å². The molecule has 1 aliphatic rings. The lowest BCUT2D eigenvalue weighted by Gasteiger charge is -2.29. The molecule has 1 saturated heterocycles. The largest absolute Gasteiger partial charge is 0.378 e. The number of morpholine rings is 1. The molecule has 2 aromatic heterocycles. The van der Waals surface area contributed by atoms with Crippen LogP contribution in [-0.2, 0) is 4.74 Å². The van der Waals surface area contributed by atoms with Crippen LogP contribution >= 0.6 is 0 Å². The molecule has 4 rings (SSSR count). The summed E-state index contributed by atoms with van der Waals surface area (Å²) in [6.45, 7) is 3.22. The van der Waals surface area contributed by atoms with Gasteiger partial charge in [-0.15, -0.1) is 10.2 Å². The van der Waals surface area contributed by atoms with E-state index in [4.69, 9.17) is 4.74 Å². The van der Waals surface area contributed by atoms with Gasteiger partial charge in [0.25, 0.3) is 5.78 Å². The van der Waals surface area contributed by atoms with Crippen LogP contribution in [0.4, 0.5) is 5.82 Å². The molecular formula is C15H15N5O. The van der Waals surface area contributed by atoms with Crippen molar-refractivity contribution < 1.29 is 4.74 Å². The third-order valence-electron chi connectivity index (χ3n) is 3.67. The predicted molar refractivity (Wildman–Crippen MR) is 79.3 cm³/mol. The minimum Gasteiger partial charge on any atom is -0.378 e. The van der Waals surface area contributed by atoms with Gasteiger partial charge in [-0.3, -0.25) is 4.40 Å². The number of rotatable bonds is 2. The van der Waals surface area contributed by atoms with Crippen LogP contribution in [0.5, 0.6) is 0 Å². The number of anilines is 1. The minimum absolute atomic E-state index is 0.623. The lowest BCUT2D eigenvalue weighted by molar-refractivity contribution is 0.122. The third-order valence-corrected chi connectivity index (χ3v) is 3.67. The van der Waals surface area contributed by atoms with Crippen LogP contribution in [0.2, 0.25) is 0 Å². The number of hydrogen-bond donors (Lipinski definition) is 0. The first-order valence-corrected chi connectivity index (χ1v) is 7.01. The second-order valence-electron chi connectivity index (χ2n) is 4.97. The van der Waals surface area contributed by atoms with Crippen molar-refractivity contribution in [2.24, 2.45) is 0 Å². The standard InChI is InChI=1S/C15H15N5O/c1-2-4-12(5-3-1)13-10-14(19-6-8-21-9-7-19)20-11-16-18-15(20)17-13/h1-5,10-11H,6-9H2. The summed E-state index contributed by atoms with van der Waals surface area (Å²) in [4.78, 5) is 6.88. The fraction of sp³-hybridized carbons (Fsp3) is 0.267. The van der Waals surface area contributed by atoms with Crippen LogP contribution in [0, 0.1) is 0 Å². The minimum atomic E-state index is 0.623. The molecule has 6 heteroatoms. The smallest absolute Gasteiger partial charge is 0.256 e. The quantitative estimate of drug-likeness (QED) is 0.714. The van der Waals surface area contributed by atoms with Crippen molar-refractivity contribution in [3.8, 4) is 11.3 Å². The normalized spacial score (nSPS) is 15.5. The van der Waals surface area contributed by atoms with E-state index in [2.05, 4.69) is 38.3 Å². The highest BCUT2D eigenvalue weighted by atomic mass is 16.5. The monoisotopic (exact) mass is 281 g/mol. The van der Waals surface area contributed by atoms with Gasteiger partial charge in [-0.1, -0.05) is 30.3 Å². The molecule has 0 N–H and O–H groups in total. The molecule has 0 aliphatic carbocycles. The molecular weight excluding hydrogens is 266 g/mol. The van der Waals surface area contributed by atoms with E-state index in [0.717, 1.165) is 43.4 Å². The maximum Gasteiger partial charge on any atom is 0.256 e. The van der Waals surface area contributed by atoms with Crippen LogP contribution in [0.15, 0.2) is 42.7 Å². The van der Waals surface area contributed by atoms with Gasteiger partial charge in [0.05, 0.1) is 18.9 Å². The van der Waals surface area contributed by atoms with Gasteiger partial charge in [-0.05, 0) is 0 Å². The predicted octanol–water partition coefficient (Wildman–Crippen LogP) is 1.63. The summed E-state index contributed by atoms with van der Waals surface area (Å²) >= 11 is 0. The Morgan fingerprint density at radius 1 is 1.05 bits per heavy atom. The van der Waals surface area contributed by atoms with Gasteiger partial charge in [0.15, 0.2) is 0 Å². The number of fused-ring (bicyclic) bond motifs is 1. The van der Waals surface area contributed by atoms with Crippen LogP contribution < -0.4 is 4.90 Å². The lowest BCUT2D eigenvalue weighted by Crippen LogP contribution is -2.37. The summed E-state index contributed by atoms with van der Waals surface area (Å²) in [7, 11) is 0. The van der Waals surface area contributed by atoms with Crippen molar-refractivity contribution in [3.63, 3.8) is 0 Å². The fourth-order valence-electron chi connectivity index (χ4n) is 2.59. The molecule has 0 radical (unpaired) electrons. The highest BCUT2D eigenvalue weighted by molar-refractivity contribution is 5.66. The van der Waals surface area contributed by atoms with Gasteiger partial charge in [0.2, 0.25) is 0 Å². The van der Waals surface area contributed by atoms with E-state index in [1.54, 1.807) is 6.33 Å². The van der Waals surface area contributed by atoms with Gasteiger partial charge in [-0.25, -0.2) is 4.98 Å². The SMILES string of the molecule is c1ccc(-c2cc(N3CCOCC3)n3cnnc3n2)cc1. The van der Waals surface area contributed by atoms with Crippen molar-refractivity contribution in [2.45, 2.75) is 0 Å². The lowest BCUT2D eigenvalue weighted by atomic mass is 10.1. The van der Waals surface area contributed by atoms with Gasteiger partial charge >= 0.3 is 0 Å². The molecule has 0 atom stereocenters. The van der Waals surface area contributed by atoms with Gasteiger partial charge < -0.3 is 9.64 Å². The van der Waals surface area contributed by atoms with Gasteiger partial charge in [-0.2, -0.15) is 0 Å². The average molecular weight is 281 g/mol. The molecule has 21 heavy (non-hydrogen) atoms. The van der Waals surface area contributed by atoms with Crippen LogP contribution in [-0.4, -0.2) is 45.9 Å². The molecule has 3 heterocycles. The molecule has 0 spiro atoms. The first kappa shape index (κ1) is 12.3. The third kappa shape index (κ3) is 2.23. The van der Waals surface area contributed by atoms with Crippen LogP contribution in [0.3, 0.4) is 0 Å². The molecule has 1 aliphatic heterocycles. The maximum absolute atomic E-state index is 5.43. The highest BCUT2D eigenvalue weighted by Crippen LogP contribution is 2.24. The number of ether oxygens (including phenoxy) is 1. The molecule has 0 amide bonds. The Bertz CT molecular complexity index is 749. The molecule has 0 bridgehead atoms. The first-order valence-electron chi connectivity index (χ1n) is 7.01. The number of nitrogens with zero attached hydrogens (tertiary/aromatic N) is 5. The Morgan fingerprint density at radius 3 is 2.67 bits per heavy atom. The Kier molecular flexibility index (Phi) is 3.01. The Balaban J connectivity index is 1.86. The molecule has 3 aromatic rings. The van der Waals surface area contributed by atoms with Gasteiger partial charge in [0.1, 0.15) is 12.1 Å². The van der Waals surface area contributed by atoms with Gasteiger partial charge in [0, 0.05) is 24.7 Å². The summed E-state index contributed by atoms with van der Waals surface area (Å²) in [6, 6.07) is 12.2. The average Bonchev–Trinajstić information content (AvgIpc) is 3.04. The van der Waals surface area contributed by atoms with E-state index in [1.165, 1.54) is 0 Å². The van der Waals surface area contributed by atoms with E-state index >= 15 is 0 Å². The van der Waals surface area contributed by atoms with Crippen LogP contribution in [0.1, 0.15) is 0 Å². The number of hydrogen-bond acceptors (Lipinski definition) is 5. The summed E-state index contributed by atoms with van der Waals surface area (Å²) in [5, 5.41) is 8.09. The Labute approximate surface area is 122 Å². The van der Waals surface area contributed by atoms with Crippen molar-refractivity contribution in [1.82, 2.24) is 19.6 Å². The molecule has 1 aromatic carbocycles. The van der Waals surface area contributed by atoms with E-state index in [9.17, 15) is 0 Å². The zero-order valence-corrected chi connectivity index (χ0v) is 11.5. The molecule has 106 valence electrons. The van der Waals surface area contributed by atoms with E-state index in [0.29, 0.717) is 5.78 Å². The maximum atomic E-state index is 5.43. The zero-order chi connectivity index (χ0) is 14.1. The Morgan fingerprint density at radius 2 is 1.86 bits per heavy atom. The summed E-state index contributed by atoms with van der Waals surface area (Å²) in [5.41, 5.74) is 2.00. The first-order chi connectivity index (χ1) is 10.4. The van der Waals surface area contributed by atoms with Crippen molar-refractivity contribution in [2.75, 3.05) is 31.2 Å². The van der Waals surface area contributed by atoms with Crippen molar-refractivity contribution >= 4 is 11.6 Å². The number of aromatic nitrogens is 4. The zero-order valence-electron chi connectivity index (χ0n) is 11.5. The molecule has 1 fully saturated rings. The van der Waals surface area contributed by atoms with E-state index in [1.807, 2.05) is 22.6 Å². The topological polar surface area (TPSA) is 55.6 Å². The molecule has 0 saturated carbocycles. The molecule has 6 nitrogen and oxygen atoms in total. The van der Waals surface area contributed by atoms with E-state index < -0.39 is 0 Å². The van der Waals surface area contributed by atoms with E-state index in [-0.39, 0.29) is 0 Å². The second-order valence-corrected chi connectivity index (χ2v) is 4.97.